The highest BCUT2D eigenvalue weighted by Crippen LogP contribution is 2.29. The topological polar surface area (TPSA) is 66.5 Å². The molecule has 0 unspecified atom stereocenters. The minimum atomic E-state index is -3.78. The van der Waals surface area contributed by atoms with Crippen LogP contribution in [-0.2, 0) is 14.8 Å². The van der Waals surface area contributed by atoms with E-state index >= 15 is 0 Å². The predicted octanol–water partition coefficient (Wildman–Crippen LogP) is 4.16. The molecule has 0 saturated heterocycles. The number of anilines is 1. The Balaban J connectivity index is 2.26. The zero-order chi connectivity index (χ0) is 20.4. The minimum absolute atomic E-state index is 0.176. The van der Waals surface area contributed by atoms with Crippen LogP contribution in [0.5, 0.6) is 0 Å². The zero-order valence-corrected chi connectivity index (χ0v) is 17.2. The molecule has 2 aromatic carbocycles. The van der Waals surface area contributed by atoms with E-state index in [9.17, 15) is 17.6 Å². The van der Waals surface area contributed by atoms with Gasteiger partial charge in [-0.3, -0.25) is 9.10 Å². The summed E-state index contributed by atoms with van der Waals surface area (Å²) < 4.78 is 38.6. The molecule has 2 rings (SSSR count). The van der Waals surface area contributed by atoms with Crippen molar-refractivity contribution in [3.63, 3.8) is 0 Å². The maximum absolute atomic E-state index is 13.0. The lowest BCUT2D eigenvalue weighted by Gasteiger charge is -2.29. The van der Waals surface area contributed by atoms with Gasteiger partial charge in [0.05, 0.1) is 28.0 Å². The van der Waals surface area contributed by atoms with Gasteiger partial charge in [-0.05, 0) is 49.7 Å². The van der Waals surface area contributed by atoms with Gasteiger partial charge in [0.15, 0.2) is 0 Å². The van der Waals surface area contributed by atoms with Gasteiger partial charge in [0, 0.05) is 0 Å². The number of halogens is 3. The van der Waals surface area contributed by atoms with E-state index in [-0.39, 0.29) is 21.5 Å². The quantitative estimate of drug-likeness (QED) is 0.744. The fourth-order valence-corrected chi connectivity index (χ4v) is 4.06. The van der Waals surface area contributed by atoms with Gasteiger partial charge in [0.25, 0.3) is 0 Å². The van der Waals surface area contributed by atoms with Crippen molar-refractivity contribution in [1.29, 1.82) is 0 Å². The van der Waals surface area contributed by atoms with E-state index in [1.807, 2.05) is 0 Å². The smallest absolute Gasteiger partial charge is 0.244 e. The third-order valence-electron chi connectivity index (χ3n) is 3.97. The summed E-state index contributed by atoms with van der Waals surface area (Å²) >= 11 is 11.9. The Morgan fingerprint density at radius 2 is 1.67 bits per heavy atom. The van der Waals surface area contributed by atoms with Crippen LogP contribution in [0.1, 0.15) is 25.5 Å². The maximum Gasteiger partial charge on any atom is 0.244 e. The van der Waals surface area contributed by atoms with Crippen LogP contribution in [-0.4, -0.2) is 26.6 Å². The monoisotopic (exact) mass is 432 g/mol. The number of rotatable bonds is 6. The highest BCUT2D eigenvalue weighted by Gasteiger charge is 2.30. The lowest BCUT2D eigenvalue weighted by molar-refractivity contribution is -0.122. The number of hydrogen-bond acceptors (Lipinski definition) is 3. The summed E-state index contributed by atoms with van der Waals surface area (Å²) in [6, 6.07) is 8.54. The molecule has 0 spiro atoms. The van der Waals surface area contributed by atoms with Crippen molar-refractivity contribution < 1.29 is 17.6 Å². The molecule has 2 aromatic rings. The second kappa shape index (κ2) is 8.46. The van der Waals surface area contributed by atoms with Crippen molar-refractivity contribution in [2.75, 3.05) is 10.6 Å². The van der Waals surface area contributed by atoms with Gasteiger partial charge >= 0.3 is 0 Å². The van der Waals surface area contributed by atoms with E-state index in [0.29, 0.717) is 5.56 Å². The first kappa shape index (κ1) is 21.5. The molecule has 0 heterocycles. The van der Waals surface area contributed by atoms with Crippen LogP contribution >= 0.6 is 23.2 Å². The Morgan fingerprint density at radius 3 is 2.19 bits per heavy atom. The van der Waals surface area contributed by atoms with Crippen LogP contribution in [0.15, 0.2) is 42.5 Å². The van der Waals surface area contributed by atoms with E-state index in [0.717, 1.165) is 10.6 Å². The Hall–Kier alpha value is -1.83. The number of sulfonamides is 1. The van der Waals surface area contributed by atoms with Crippen molar-refractivity contribution in [2.24, 2.45) is 0 Å². The van der Waals surface area contributed by atoms with Gasteiger partial charge in [-0.15, -0.1) is 0 Å². The molecule has 0 aliphatic carbocycles. The maximum atomic E-state index is 13.0. The van der Waals surface area contributed by atoms with E-state index in [1.165, 1.54) is 37.3 Å². The molecule has 1 N–H and O–H groups in total. The van der Waals surface area contributed by atoms with Gasteiger partial charge < -0.3 is 5.32 Å². The molecule has 0 saturated carbocycles. The molecule has 0 aliphatic heterocycles. The second-order valence-corrected chi connectivity index (χ2v) is 8.79. The van der Waals surface area contributed by atoms with Crippen LogP contribution in [0.2, 0.25) is 10.0 Å². The van der Waals surface area contributed by atoms with Crippen molar-refractivity contribution in [1.82, 2.24) is 5.32 Å². The molecule has 0 aromatic heterocycles. The average molecular weight is 433 g/mol. The Labute approximate surface area is 168 Å². The van der Waals surface area contributed by atoms with E-state index < -0.39 is 28.0 Å². The molecule has 1 amide bonds. The highest BCUT2D eigenvalue weighted by atomic mass is 35.5. The lowest BCUT2D eigenvalue weighted by Crippen LogP contribution is -2.48. The molecule has 27 heavy (non-hydrogen) atoms. The molecule has 2 atom stereocenters. The first-order valence-electron chi connectivity index (χ1n) is 8.01. The Bertz CT molecular complexity index is 936. The first-order valence-corrected chi connectivity index (χ1v) is 10.6. The van der Waals surface area contributed by atoms with Gasteiger partial charge in [-0.1, -0.05) is 35.3 Å². The number of hydrogen-bond donors (Lipinski definition) is 1. The van der Waals surface area contributed by atoms with Crippen LogP contribution in [0.3, 0.4) is 0 Å². The Kier molecular flexibility index (Phi) is 6.72. The number of nitrogens with one attached hydrogen (secondary N) is 1. The normalized spacial score (nSPS) is 13.7. The predicted molar refractivity (Wildman–Crippen MR) is 106 cm³/mol. The summed E-state index contributed by atoms with van der Waals surface area (Å²) in [7, 11) is -3.78. The van der Waals surface area contributed by atoms with Gasteiger partial charge in [-0.2, -0.15) is 0 Å². The third kappa shape index (κ3) is 5.34. The largest absolute Gasteiger partial charge is 0.348 e. The fraction of sp³-hybridized carbons (Fsp3) is 0.278. The van der Waals surface area contributed by atoms with Gasteiger partial charge in [0.2, 0.25) is 15.9 Å². The van der Waals surface area contributed by atoms with E-state index in [4.69, 9.17) is 23.2 Å². The Morgan fingerprint density at radius 1 is 1.07 bits per heavy atom. The molecule has 9 heteroatoms. The number of nitrogens with zero attached hydrogens (tertiary/aromatic N) is 1. The van der Waals surface area contributed by atoms with Crippen LogP contribution in [0, 0.1) is 5.82 Å². The first-order chi connectivity index (χ1) is 12.5. The molecular formula is C18H19Cl2FN2O3S. The summed E-state index contributed by atoms with van der Waals surface area (Å²) in [5.41, 5.74) is 0.918. The average Bonchev–Trinajstić information content (AvgIpc) is 2.57. The van der Waals surface area contributed by atoms with Crippen LogP contribution in [0.4, 0.5) is 10.1 Å². The molecule has 146 valence electrons. The molecule has 0 bridgehead atoms. The van der Waals surface area contributed by atoms with Crippen molar-refractivity contribution in [3.05, 3.63) is 63.9 Å². The lowest BCUT2D eigenvalue weighted by atomic mass is 10.1. The van der Waals surface area contributed by atoms with E-state index in [2.05, 4.69) is 5.32 Å². The fourth-order valence-electron chi connectivity index (χ4n) is 2.60. The summed E-state index contributed by atoms with van der Waals surface area (Å²) in [6.07, 6.45) is 1.00. The number of benzene rings is 2. The van der Waals surface area contributed by atoms with Gasteiger partial charge in [-0.25, -0.2) is 12.8 Å². The number of carbonyl (C=O) groups is 1. The summed E-state index contributed by atoms with van der Waals surface area (Å²) in [5.74, 6) is -0.892. The third-order valence-corrected chi connectivity index (χ3v) is 5.96. The SMILES string of the molecule is C[C@@H](NC(=O)[C@H](C)N(c1ccc(Cl)c(Cl)c1)S(C)(=O)=O)c1ccc(F)cc1. The summed E-state index contributed by atoms with van der Waals surface area (Å²) in [6.45, 7) is 3.19. The molecular weight excluding hydrogens is 414 g/mol. The number of amides is 1. The standard InChI is InChI=1S/C18H19Cl2FN2O3S/c1-11(13-4-6-14(21)7-5-13)22-18(24)12(2)23(27(3,25)26)15-8-9-16(19)17(20)10-15/h4-12H,1-3H3,(H,22,24)/t11-,12+/m1/s1. The zero-order valence-electron chi connectivity index (χ0n) is 14.9. The van der Waals surface area contributed by atoms with Crippen molar-refractivity contribution in [2.45, 2.75) is 25.9 Å². The molecule has 0 radical (unpaired) electrons. The summed E-state index contributed by atoms with van der Waals surface area (Å²) in [4.78, 5) is 12.7. The minimum Gasteiger partial charge on any atom is -0.348 e. The molecule has 0 aliphatic rings. The van der Waals surface area contributed by atoms with Gasteiger partial charge in [0.1, 0.15) is 11.9 Å². The summed E-state index contributed by atoms with van der Waals surface area (Å²) in [5, 5.41) is 3.19. The van der Waals surface area contributed by atoms with E-state index in [1.54, 1.807) is 19.1 Å². The van der Waals surface area contributed by atoms with Crippen LogP contribution in [0.25, 0.3) is 0 Å². The van der Waals surface area contributed by atoms with Crippen LogP contribution < -0.4 is 9.62 Å². The molecule has 5 nitrogen and oxygen atoms in total. The van der Waals surface area contributed by atoms with Crippen molar-refractivity contribution >= 4 is 44.8 Å². The second-order valence-electron chi connectivity index (χ2n) is 6.12. The highest BCUT2D eigenvalue weighted by molar-refractivity contribution is 7.92. The number of carbonyl (C=O) groups excluding carboxylic acids is 1. The van der Waals surface area contributed by atoms with Crippen molar-refractivity contribution in [3.8, 4) is 0 Å². The molecule has 0 fully saturated rings.